The van der Waals surface area contributed by atoms with Gasteiger partial charge in [0.15, 0.2) is 0 Å². The highest BCUT2D eigenvalue weighted by atomic mass is 16.6. The van der Waals surface area contributed by atoms with Crippen LogP contribution in [0.25, 0.3) is 0 Å². The van der Waals surface area contributed by atoms with E-state index in [1.54, 1.807) is 23.2 Å². The van der Waals surface area contributed by atoms with Gasteiger partial charge in [-0.1, -0.05) is 12.1 Å². The Morgan fingerprint density at radius 2 is 1.83 bits per heavy atom. The largest absolute Gasteiger partial charge is 0.348 e. The quantitative estimate of drug-likeness (QED) is 0.436. The number of carbonyl (C=O) groups is 3. The number of amides is 3. The van der Waals surface area contributed by atoms with Gasteiger partial charge in [-0.25, -0.2) is 0 Å². The molecular weight excluding hydrogens is 390 g/mol. The van der Waals surface area contributed by atoms with Crippen LogP contribution in [-0.2, 0) is 9.59 Å². The zero-order valence-electron chi connectivity index (χ0n) is 16.1. The number of nitro benzene ring substituents is 1. The smallest absolute Gasteiger partial charge is 0.313 e. The van der Waals surface area contributed by atoms with Gasteiger partial charge in [-0.3, -0.25) is 29.5 Å². The van der Waals surface area contributed by atoms with Gasteiger partial charge in [0.1, 0.15) is 5.69 Å². The van der Waals surface area contributed by atoms with Gasteiger partial charge in [0.2, 0.25) is 0 Å². The lowest BCUT2D eigenvalue weighted by Crippen LogP contribution is -2.43. The second-order valence-electron chi connectivity index (χ2n) is 6.92. The van der Waals surface area contributed by atoms with E-state index in [4.69, 9.17) is 0 Å². The van der Waals surface area contributed by atoms with Gasteiger partial charge in [0.05, 0.1) is 10.5 Å². The van der Waals surface area contributed by atoms with Crippen LogP contribution in [0, 0.1) is 16.0 Å². The number of carbonyl (C=O) groups excluding carboxylic acids is 3. The van der Waals surface area contributed by atoms with Crippen LogP contribution in [-0.4, -0.2) is 52.2 Å². The lowest BCUT2D eigenvalue weighted by atomic mass is 9.96. The lowest BCUT2D eigenvalue weighted by molar-refractivity contribution is -0.383. The first-order valence-corrected chi connectivity index (χ1v) is 9.47. The highest BCUT2D eigenvalue weighted by molar-refractivity contribution is 6.39. The number of benzene rings is 1. The normalized spacial score (nSPS) is 14.1. The van der Waals surface area contributed by atoms with Gasteiger partial charge in [-0.15, -0.1) is 0 Å². The molecule has 1 aromatic heterocycles. The average Bonchev–Trinajstić information content (AvgIpc) is 2.78. The summed E-state index contributed by atoms with van der Waals surface area (Å²) in [7, 11) is 0. The van der Waals surface area contributed by atoms with Crippen LogP contribution in [0.5, 0.6) is 0 Å². The molecule has 3 amide bonds. The molecule has 1 aromatic carbocycles. The van der Waals surface area contributed by atoms with Crippen LogP contribution < -0.4 is 10.6 Å². The minimum Gasteiger partial charge on any atom is -0.348 e. The molecule has 10 nitrogen and oxygen atoms in total. The monoisotopic (exact) mass is 411 g/mol. The third-order valence-corrected chi connectivity index (χ3v) is 4.92. The van der Waals surface area contributed by atoms with E-state index >= 15 is 0 Å². The molecule has 2 aromatic rings. The Bertz CT molecular complexity index is 942. The van der Waals surface area contributed by atoms with Crippen molar-refractivity contribution >= 4 is 29.1 Å². The fraction of sp³-hybridized carbons (Fsp3) is 0.300. The second-order valence-corrected chi connectivity index (χ2v) is 6.92. The first kappa shape index (κ1) is 20.9. The van der Waals surface area contributed by atoms with Crippen molar-refractivity contribution in [3.8, 4) is 0 Å². The minimum atomic E-state index is -0.964. The van der Waals surface area contributed by atoms with Crippen LogP contribution >= 0.6 is 0 Å². The predicted octanol–water partition coefficient (Wildman–Crippen LogP) is 1.60. The molecule has 10 heteroatoms. The molecule has 0 saturated carbocycles. The Hall–Kier alpha value is -3.82. The SMILES string of the molecule is O=C(NCC1CCN(C(=O)c2cccnc2)CC1)C(=O)Nc1ccccc1[N+](=O)[O-]. The van der Waals surface area contributed by atoms with Crippen molar-refractivity contribution in [3.63, 3.8) is 0 Å². The molecule has 0 spiro atoms. The van der Waals surface area contributed by atoms with Crippen molar-refractivity contribution in [2.24, 2.45) is 5.92 Å². The number of anilines is 1. The van der Waals surface area contributed by atoms with Crippen LogP contribution in [0.15, 0.2) is 48.8 Å². The Labute approximate surface area is 172 Å². The first-order valence-electron chi connectivity index (χ1n) is 9.47. The summed E-state index contributed by atoms with van der Waals surface area (Å²) in [6.07, 6.45) is 4.53. The maximum Gasteiger partial charge on any atom is 0.313 e. The van der Waals surface area contributed by atoms with Crippen LogP contribution in [0.4, 0.5) is 11.4 Å². The summed E-state index contributed by atoms with van der Waals surface area (Å²) in [6.45, 7) is 1.39. The van der Waals surface area contributed by atoms with E-state index in [1.165, 1.54) is 30.5 Å². The molecule has 0 aliphatic carbocycles. The molecule has 0 unspecified atom stereocenters. The van der Waals surface area contributed by atoms with Crippen molar-refractivity contribution in [1.82, 2.24) is 15.2 Å². The summed E-state index contributed by atoms with van der Waals surface area (Å²) in [5.74, 6) is -1.77. The molecule has 0 atom stereocenters. The maximum absolute atomic E-state index is 12.4. The van der Waals surface area contributed by atoms with Crippen LogP contribution in [0.1, 0.15) is 23.2 Å². The highest BCUT2D eigenvalue weighted by Gasteiger charge is 2.25. The van der Waals surface area contributed by atoms with E-state index in [0.717, 1.165) is 0 Å². The van der Waals surface area contributed by atoms with Gasteiger partial charge in [0, 0.05) is 38.1 Å². The number of nitrogens with zero attached hydrogens (tertiary/aromatic N) is 3. The first-order chi connectivity index (χ1) is 14.5. The Balaban J connectivity index is 1.45. The molecule has 3 rings (SSSR count). The fourth-order valence-electron chi connectivity index (χ4n) is 3.25. The van der Waals surface area contributed by atoms with Gasteiger partial charge in [0.25, 0.3) is 11.6 Å². The number of pyridine rings is 1. The third kappa shape index (κ3) is 5.16. The van der Waals surface area contributed by atoms with Crippen molar-refractivity contribution in [1.29, 1.82) is 0 Å². The number of hydrogen-bond acceptors (Lipinski definition) is 6. The maximum atomic E-state index is 12.4. The molecule has 0 radical (unpaired) electrons. The van der Waals surface area contributed by atoms with Crippen molar-refractivity contribution in [2.75, 3.05) is 25.0 Å². The van der Waals surface area contributed by atoms with Gasteiger partial charge >= 0.3 is 11.8 Å². The molecule has 1 aliphatic heterocycles. The van der Waals surface area contributed by atoms with E-state index in [1.807, 2.05) is 0 Å². The lowest BCUT2D eigenvalue weighted by Gasteiger charge is -2.32. The molecule has 2 N–H and O–H groups in total. The number of likely N-dealkylation sites (tertiary alicyclic amines) is 1. The summed E-state index contributed by atoms with van der Waals surface area (Å²) >= 11 is 0. The van der Waals surface area contributed by atoms with Gasteiger partial charge in [-0.05, 0) is 37.0 Å². The Kier molecular flexibility index (Phi) is 6.68. The number of nitro groups is 1. The molecule has 0 bridgehead atoms. The number of hydrogen-bond donors (Lipinski definition) is 2. The van der Waals surface area contributed by atoms with E-state index < -0.39 is 16.7 Å². The fourth-order valence-corrected chi connectivity index (χ4v) is 3.25. The number of rotatable bonds is 5. The molecule has 1 saturated heterocycles. The third-order valence-electron chi connectivity index (χ3n) is 4.92. The van der Waals surface area contributed by atoms with Crippen LogP contribution in [0.3, 0.4) is 0 Å². The summed E-state index contributed by atoms with van der Waals surface area (Å²) in [5.41, 5.74) is 0.213. The molecule has 1 fully saturated rings. The summed E-state index contributed by atoms with van der Waals surface area (Å²) in [6, 6.07) is 9.04. The van der Waals surface area contributed by atoms with Crippen molar-refractivity contribution < 1.29 is 19.3 Å². The highest BCUT2D eigenvalue weighted by Crippen LogP contribution is 2.23. The van der Waals surface area contributed by atoms with Crippen molar-refractivity contribution in [3.05, 3.63) is 64.5 Å². The summed E-state index contributed by atoms with van der Waals surface area (Å²) in [5, 5.41) is 15.8. The summed E-state index contributed by atoms with van der Waals surface area (Å²) in [4.78, 5) is 52.6. The number of piperidine rings is 1. The summed E-state index contributed by atoms with van der Waals surface area (Å²) < 4.78 is 0. The molecular formula is C20H21N5O5. The Morgan fingerprint density at radius 1 is 1.10 bits per heavy atom. The molecule has 1 aliphatic rings. The molecule has 30 heavy (non-hydrogen) atoms. The van der Waals surface area contributed by atoms with Gasteiger partial charge in [-0.2, -0.15) is 0 Å². The van der Waals surface area contributed by atoms with E-state index in [9.17, 15) is 24.5 Å². The zero-order valence-corrected chi connectivity index (χ0v) is 16.1. The second kappa shape index (κ2) is 9.59. The average molecular weight is 411 g/mol. The van der Waals surface area contributed by atoms with Crippen LogP contribution in [0.2, 0.25) is 0 Å². The standard InChI is InChI=1S/C20H21N5O5/c26-18(19(27)23-16-5-1-2-6-17(16)25(29)30)22-12-14-7-10-24(11-8-14)20(28)15-4-3-9-21-13-15/h1-6,9,13-14H,7-8,10-12H2,(H,22,26)(H,23,27). The van der Waals surface area contributed by atoms with E-state index in [2.05, 4.69) is 15.6 Å². The molecule has 156 valence electrons. The molecule has 2 heterocycles. The number of aromatic nitrogens is 1. The van der Waals surface area contributed by atoms with E-state index in [-0.39, 0.29) is 29.7 Å². The predicted molar refractivity (Wildman–Crippen MR) is 108 cm³/mol. The van der Waals surface area contributed by atoms with Gasteiger partial charge < -0.3 is 15.5 Å². The van der Waals surface area contributed by atoms with Crippen molar-refractivity contribution in [2.45, 2.75) is 12.8 Å². The number of para-hydroxylation sites is 2. The Morgan fingerprint density at radius 3 is 2.50 bits per heavy atom. The minimum absolute atomic E-state index is 0.0372. The number of nitrogens with one attached hydrogen (secondary N) is 2. The zero-order chi connectivity index (χ0) is 21.5. The topological polar surface area (TPSA) is 135 Å². The van der Waals surface area contributed by atoms with E-state index in [0.29, 0.717) is 31.5 Å².